The lowest BCUT2D eigenvalue weighted by atomic mass is 9.84. The van der Waals surface area contributed by atoms with E-state index in [-0.39, 0.29) is 11.5 Å². The molecule has 17 heavy (non-hydrogen) atoms. The number of aryl methyl sites for hydroxylation is 1. The molecule has 96 valence electrons. The zero-order valence-corrected chi connectivity index (χ0v) is 12.1. The van der Waals surface area contributed by atoms with E-state index in [1.54, 1.807) is 0 Å². The summed E-state index contributed by atoms with van der Waals surface area (Å²) in [6, 6.07) is -0.115. The molecule has 1 rings (SSSR count). The van der Waals surface area contributed by atoms with Crippen LogP contribution in [-0.2, 0) is 5.41 Å². The van der Waals surface area contributed by atoms with Gasteiger partial charge in [-0.1, -0.05) is 34.6 Å². The Labute approximate surface area is 105 Å². The molecule has 3 nitrogen and oxygen atoms in total. The van der Waals surface area contributed by atoms with E-state index in [0.717, 1.165) is 17.2 Å². The van der Waals surface area contributed by atoms with Gasteiger partial charge in [0.05, 0.1) is 11.7 Å². The Morgan fingerprint density at radius 2 is 1.59 bits per heavy atom. The van der Waals surface area contributed by atoms with E-state index in [1.807, 2.05) is 6.92 Å². The predicted octanol–water partition coefficient (Wildman–Crippen LogP) is 3.23. The first kappa shape index (κ1) is 14.1. The van der Waals surface area contributed by atoms with Crippen molar-refractivity contribution in [1.29, 1.82) is 0 Å². The summed E-state index contributed by atoms with van der Waals surface area (Å²) in [4.78, 5) is 9.22. The van der Waals surface area contributed by atoms with E-state index in [1.165, 1.54) is 5.56 Å². The second kappa shape index (κ2) is 4.73. The first-order valence-corrected chi connectivity index (χ1v) is 6.29. The van der Waals surface area contributed by atoms with Gasteiger partial charge in [-0.25, -0.2) is 9.97 Å². The van der Waals surface area contributed by atoms with Crippen molar-refractivity contribution in [2.24, 2.45) is 5.73 Å². The van der Waals surface area contributed by atoms with Gasteiger partial charge in [0.2, 0.25) is 0 Å². The molecule has 0 aliphatic carbocycles. The van der Waals surface area contributed by atoms with E-state index in [9.17, 15) is 0 Å². The van der Waals surface area contributed by atoms with Crippen molar-refractivity contribution in [2.75, 3.05) is 0 Å². The third-order valence-electron chi connectivity index (χ3n) is 2.85. The Bertz CT molecular complexity index is 401. The molecule has 2 N–H and O–H groups in total. The maximum atomic E-state index is 5.90. The van der Waals surface area contributed by atoms with Crippen molar-refractivity contribution < 1.29 is 0 Å². The van der Waals surface area contributed by atoms with Gasteiger partial charge < -0.3 is 5.73 Å². The zero-order valence-electron chi connectivity index (χ0n) is 12.1. The number of nitrogens with zero attached hydrogens (tertiary/aromatic N) is 2. The van der Waals surface area contributed by atoms with Crippen molar-refractivity contribution in [3.8, 4) is 0 Å². The quantitative estimate of drug-likeness (QED) is 0.856. The van der Waals surface area contributed by atoms with Gasteiger partial charge >= 0.3 is 0 Å². The lowest BCUT2D eigenvalue weighted by molar-refractivity contribution is 0.539. The Kier molecular flexibility index (Phi) is 3.92. The van der Waals surface area contributed by atoms with E-state index >= 15 is 0 Å². The summed E-state index contributed by atoms with van der Waals surface area (Å²) < 4.78 is 0. The summed E-state index contributed by atoms with van der Waals surface area (Å²) in [5.74, 6) is 1.18. The summed E-state index contributed by atoms with van der Waals surface area (Å²) in [5, 5.41) is 0. The van der Waals surface area contributed by atoms with E-state index < -0.39 is 0 Å². The smallest absolute Gasteiger partial charge is 0.145 e. The van der Waals surface area contributed by atoms with Gasteiger partial charge in [-0.15, -0.1) is 0 Å². The van der Waals surface area contributed by atoms with Crippen LogP contribution in [0.5, 0.6) is 0 Å². The molecule has 3 heteroatoms. The largest absolute Gasteiger partial charge is 0.322 e. The second-order valence-corrected chi connectivity index (χ2v) is 6.12. The summed E-state index contributed by atoms with van der Waals surface area (Å²) >= 11 is 0. The molecule has 0 saturated heterocycles. The van der Waals surface area contributed by atoms with Crippen LogP contribution in [0.1, 0.15) is 76.3 Å². The fraction of sp³-hybridized carbons (Fsp3) is 0.714. The van der Waals surface area contributed by atoms with Crippen LogP contribution < -0.4 is 5.73 Å². The molecule has 0 fully saturated rings. The molecular weight excluding hydrogens is 210 g/mol. The molecule has 0 spiro atoms. The fourth-order valence-corrected chi connectivity index (χ4v) is 2.07. The first-order chi connectivity index (χ1) is 7.64. The maximum Gasteiger partial charge on any atom is 0.145 e. The zero-order chi connectivity index (χ0) is 13.4. The van der Waals surface area contributed by atoms with Crippen LogP contribution >= 0.6 is 0 Å². The van der Waals surface area contributed by atoms with Gasteiger partial charge in [0.15, 0.2) is 0 Å². The lowest BCUT2D eigenvalue weighted by Crippen LogP contribution is -2.23. The summed E-state index contributed by atoms with van der Waals surface area (Å²) in [7, 11) is 0. The summed E-state index contributed by atoms with van der Waals surface area (Å²) in [6.07, 6.45) is 0. The Balaban J connectivity index is 3.51. The Morgan fingerprint density at radius 3 is 1.94 bits per heavy atom. The van der Waals surface area contributed by atoms with Crippen molar-refractivity contribution in [3.05, 3.63) is 22.8 Å². The van der Waals surface area contributed by atoms with Crippen LogP contribution in [0.2, 0.25) is 0 Å². The normalized spacial score (nSPS) is 14.2. The summed E-state index contributed by atoms with van der Waals surface area (Å²) in [6.45, 7) is 14.9. The van der Waals surface area contributed by atoms with E-state index in [2.05, 4.69) is 51.5 Å². The predicted molar refractivity (Wildman–Crippen MR) is 72.2 cm³/mol. The highest BCUT2D eigenvalue weighted by Crippen LogP contribution is 2.31. The minimum atomic E-state index is -0.115. The van der Waals surface area contributed by atoms with Crippen molar-refractivity contribution >= 4 is 0 Å². The SMILES string of the molecule is Cc1nc([C@H](C)N)nc(C(C)(C)C)c1C(C)C. The third kappa shape index (κ3) is 3.03. The highest BCUT2D eigenvalue weighted by molar-refractivity contribution is 5.33. The van der Waals surface area contributed by atoms with Gasteiger partial charge in [0, 0.05) is 11.1 Å². The molecule has 0 amide bonds. The summed E-state index contributed by atoms with van der Waals surface area (Å²) in [5.41, 5.74) is 9.38. The number of hydrogen-bond acceptors (Lipinski definition) is 3. The third-order valence-corrected chi connectivity index (χ3v) is 2.85. The molecule has 1 atom stereocenters. The number of aromatic nitrogens is 2. The van der Waals surface area contributed by atoms with Crippen molar-refractivity contribution in [2.45, 2.75) is 65.8 Å². The Morgan fingerprint density at radius 1 is 1.06 bits per heavy atom. The van der Waals surface area contributed by atoms with Crippen LogP contribution in [0.15, 0.2) is 0 Å². The molecule has 1 heterocycles. The monoisotopic (exact) mass is 235 g/mol. The highest BCUT2D eigenvalue weighted by Gasteiger charge is 2.25. The van der Waals surface area contributed by atoms with E-state index in [0.29, 0.717) is 5.92 Å². The fourth-order valence-electron chi connectivity index (χ4n) is 2.07. The highest BCUT2D eigenvalue weighted by atomic mass is 14.9. The first-order valence-electron chi connectivity index (χ1n) is 6.29. The molecule has 0 aromatic carbocycles. The second-order valence-electron chi connectivity index (χ2n) is 6.12. The maximum absolute atomic E-state index is 5.90. The van der Waals surface area contributed by atoms with Crippen LogP contribution in [-0.4, -0.2) is 9.97 Å². The van der Waals surface area contributed by atoms with Crippen LogP contribution in [0, 0.1) is 6.92 Å². The van der Waals surface area contributed by atoms with Gasteiger partial charge in [0.1, 0.15) is 5.82 Å². The van der Waals surface area contributed by atoms with Crippen molar-refractivity contribution in [3.63, 3.8) is 0 Å². The molecule has 0 aliphatic rings. The standard InChI is InChI=1S/C14H25N3/c1-8(2)11-10(4)16-13(9(3)15)17-12(11)14(5,6)7/h8-9H,15H2,1-7H3/t9-/m0/s1. The molecule has 0 unspecified atom stereocenters. The van der Waals surface area contributed by atoms with Crippen LogP contribution in [0.4, 0.5) is 0 Å². The molecular formula is C14H25N3. The number of hydrogen-bond donors (Lipinski definition) is 1. The average molecular weight is 235 g/mol. The van der Waals surface area contributed by atoms with Gasteiger partial charge in [-0.05, 0) is 25.3 Å². The van der Waals surface area contributed by atoms with Gasteiger partial charge in [-0.3, -0.25) is 0 Å². The minimum absolute atomic E-state index is 0.0247. The van der Waals surface area contributed by atoms with Crippen molar-refractivity contribution in [1.82, 2.24) is 9.97 Å². The van der Waals surface area contributed by atoms with Crippen LogP contribution in [0.25, 0.3) is 0 Å². The van der Waals surface area contributed by atoms with E-state index in [4.69, 9.17) is 5.73 Å². The average Bonchev–Trinajstić information content (AvgIpc) is 2.14. The molecule has 0 saturated carbocycles. The number of nitrogens with two attached hydrogens (primary N) is 1. The topological polar surface area (TPSA) is 51.8 Å². The lowest BCUT2D eigenvalue weighted by Gasteiger charge is -2.26. The van der Waals surface area contributed by atoms with Gasteiger partial charge in [0.25, 0.3) is 0 Å². The van der Waals surface area contributed by atoms with Gasteiger partial charge in [-0.2, -0.15) is 0 Å². The molecule has 0 radical (unpaired) electrons. The number of rotatable bonds is 2. The Hall–Kier alpha value is -0.960. The molecule has 1 aromatic heterocycles. The minimum Gasteiger partial charge on any atom is -0.322 e. The molecule has 0 aliphatic heterocycles. The molecule has 0 bridgehead atoms. The van der Waals surface area contributed by atoms with Crippen LogP contribution in [0.3, 0.4) is 0 Å². The molecule has 1 aromatic rings.